The smallest absolute Gasteiger partial charge is 0.340 e. The van der Waals surface area contributed by atoms with E-state index in [4.69, 9.17) is 0 Å². The van der Waals surface area contributed by atoms with E-state index in [1.165, 1.54) is 0 Å². The molecule has 1 aromatic carbocycles. The molecular weight excluding hydrogens is 253 g/mol. The normalized spacial score (nSPS) is 16.1. The largest absolute Gasteiger partial charge is 0.434 e. The van der Waals surface area contributed by atoms with Crippen molar-refractivity contribution in [3.8, 4) is 0 Å². The third-order valence-corrected chi connectivity index (χ3v) is 2.83. The van der Waals surface area contributed by atoms with Crippen molar-refractivity contribution in [2.45, 2.75) is 25.9 Å². The average Bonchev–Trinajstić information content (AvgIpc) is 2.39. The number of benzene rings is 1. The monoisotopic (exact) mass is 268 g/mol. The van der Waals surface area contributed by atoms with Crippen LogP contribution in [-0.4, -0.2) is 18.4 Å². The molecule has 1 aliphatic rings. The maximum absolute atomic E-state index is 12.8. The minimum Gasteiger partial charge on any atom is -0.340 e. The highest BCUT2D eigenvalue weighted by Crippen LogP contribution is 2.31. The molecule has 1 heterocycles. The van der Waals surface area contributed by atoms with Gasteiger partial charge in [-0.25, -0.2) is 4.99 Å². The summed E-state index contributed by atoms with van der Waals surface area (Å²) in [6.07, 6.45) is -1.97. The van der Waals surface area contributed by atoms with Crippen LogP contribution in [0.15, 0.2) is 47.2 Å². The van der Waals surface area contributed by atoms with Crippen molar-refractivity contribution < 1.29 is 13.2 Å². The van der Waals surface area contributed by atoms with Gasteiger partial charge in [-0.05, 0) is 18.6 Å². The van der Waals surface area contributed by atoms with E-state index in [1.807, 2.05) is 25.1 Å². The zero-order valence-corrected chi connectivity index (χ0v) is 10.6. The fourth-order valence-electron chi connectivity index (χ4n) is 1.97. The Kier molecular flexibility index (Phi) is 3.93. The summed E-state index contributed by atoms with van der Waals surface area (Å²) in [4.78, 5) is 5.33. The molecule has 2 nitrogen and oxygen atoms in total. The molecule has 0 unspecified atom stereocenters. The van der Waals surface area contributed by atoms with Gasteiger partial charge in [0.25, 0.3) is 0 Å². The SMILES string of the molecule is CCCC1=NC(C(F)(F)F)=CN(c2ccccc2)C1. The second-order valence-electron chi connectivity index (χ2n) is 4.40. The third kappa shape index (κ3) is 3.36. The quantitative estimate of drug-likeness (QED) is 0.804. The number of hydrogen-bond acceptors (Lipinski definition) is 2. The maximum atomic E-state index is 12.8. The van der Waals surface area contributed by atoms with Crippen LogP contribution < -0.4 is 4.90 Å². The van der Waals surface area contributed by atoms with Gasteiger partial charge in [0.15, 0.2) is 5.70 Å². The van der Waals surface area contributed by atoms with E-state index in [0.717, 1.165) is 18.3 Å². The summed E-state index contributed by atoms with van der Waals surface area (Å²) < 4.78 is 38.5. The highest BCUT2D eigenvalue weighted by atomic mass is 19.4. The van der Waals surface area contributed by atoms with Gasteiger partial charge in [0.05, 0.1) is 6.54 Å². The Hall–Kier alpha value is -1.78. The fourth-order valence-corrected chi connectivity index (χ4v) is 1.97. The van der Waals surface area contributed by atoms with Gasteiger partial charge in [-0.1, -0.05) is 31.5 Å². The van der Waals surface area contributed by atoms with Gasteiger partial charge in [0.1, 0.15) is 0 Å². The summed E-state index contributed by atoms with van der Waals surface area (Å²) in [6.45, 7) is 2.35. The first kappa shape index (κ1) is 13.6. The van der Waals surface area contributed by atoms with Crippen LogP contribution in [0, 0.1) is 0 Å². The van der Waals surface area contributed by atoms with E-state index in [9.17, 15) is 13.2 Å². The Morgan fingerprint density at radius 1 is 1.21 bits per heavy atom. The topological polar surface area (TPSA) is 15.6 Å². The van der Waals surface area contributed by atoms with Crippen molar-refractivity contribution in [2.24, 2.45) is 4.99 Å². The third-order valence-electron chi connectivity index (χ3n) is 2.83. The molecule has 0 amide bonds. The Bertz CT molecular complexity index is 489. The number of anilines is 1. The first-order valence-electron chi connectivity index (χ1n) is 6.18. The van der Waals surface area contributed by atoms with Crippen LogP contribution in [0.2, 0.25) is 0 Å². The summed E-state index contributed by atoms with van der Waals surface area (Å²) in [6, 6.07) is 9.03. The maximum Gasteiger partial charge on any atom is 0.434 e. The van der Waals surface area contributed by atoms with E-state index >= 15 is 0 Å². The van der Waals surface area contributed by atoms with Crippen LogP contribution in [-0.2, 0) is 0 Å². The summed E-state index contributed by atoms with van der Waals surface area (Å²) >= 11 is 0. The van der Waals surface area contributed by atoms with Crippen LogP contribution in [0.5, 0.6) is 0 Å². The predicted octanol–water partition coefficient (Wildman–Crippen LogP) is 4.15. The van der Waals surface area contributed by atoms with Gasteiger partial charge >= 0.3 is 6.18 Å². The summed E-state index contributed by atoms with van der Waals surface area (Å²) in [7, 11) is 0. The minimum atomic E-state index is -4.41. The molecule has 0 fully saturated rings. The number of hydrogen-bond donors (Lipinski definition) is 0. The summed E-state index contributed by atoms with van der Waals surface area (Å²) in [5.74, 6) is 0. The second kappa shape index (κ2) is 5.47. The molecule has 19 heavy (non-hydrogen) atoms. The van der Waals surface area contributed by atoms with Crippen molar-refractivity contribution >= 4 is 11.4 Å². The molecular formula is C14H15F3N2. The van der Waals surface area contributed by atoms with Crippen LogP contribution >= 0.6 is 0 Å². The van der Waals surface area contributed by atoms with Crippen LogP contribution in [0.3, 0.4) is 0 Å². The molecule has 0 saturated heterocycles. The zero-order chi connectivity index (χ0) is 13.9. The van der Waals surface area contributed by atoms with Crippen molar-refractivity contribution in [1.29, 1.82) is 0 Å². The fraction of sp³-hybridized carbons (Fsp3) is 0.357. The highest BCUT2D eigenvalue weighted by molar-refractivity contribution is 5.91. The van der Waals surface area contributed by atoms with Gasteiger partial charge in [0.2, 0.25) is 0 Å². The van der Waals surface area contributed by atoms with Crippen molar-refractivity contribution in [3.63, 3.8) is 0 Å². The summed E-state index contributed by atoms with van der Waals surface area (Å²) in [5, 5.41) is 0. The molecule has 0 saturated carbocycles. The molecule has 1 aliphatic heterocycles. The number of allylic oxidation sites excluding steroid dienone is 1. The molecule has 0 bridgehead atoms. The number of alkyl halides is 3. The van der Waals surface area contributed by atoms with Gasteiger partial charge in [-0.3, -0.25) is 0 Å². The number of halogens is 3. The molecule has 2 rings (SSSR count). The molecule has 0 N–H and O–H groups in total. The van der Waals surface area contributed by atoms with Gasteiger partial charge in [-0.2, -0.15) is 13.2 Å². The van der Waals surface area contributed by atoms with Gasteiger partial charge in [-0.15, -0.1) is 0 Å². The molecule has 1 aromatic rings. The number of nitrogens with zero attached hydrogens (tertiary/aromatic N) is 2. The first-order valence-corrected chi connectivity index (χ1v) is 6.18. The zero-order valence-electron chi connectivity index (χ0n) is 10.6. The molecule has 0 atom stereocenters. The van der Waals surface area contributed by atoms with Gasteiger partial charge < -0.3 is 4.90 Å². The van der Waals surface area contributed by atoms with Crippen LogP contribution in [0.25, 0.3) is 0 Å². The molecule has 0 radical (unpaired) electrons. The van der Waals surface area contributed by atoms with Crippen molar-refractivity contribution in [3.05, 3.63) is 42.2 Å². The minimum absolute atomic E-state index is 0.414. The lowest BCUT2D eigenvalue weighted by molar-refractivity contribution is -0.0927. The highest BCUT2D eigenvalue weighted by Gasteiger charge is 2.36. The van der Waals surface area contributed by atoms with Crippen LogP contribution in [0.4, 0.5) is 18.9 Å². The van der Waals surface area contributed by atoms with E-state index in [-0.39, 0.29) is 0 Å². The molecule has 102 valence electrons. The second-order valence-corrected chi connectivity index (χ2v) is 4.40. The number of aliphatic imine (C=N–C) groups is 1. The lowest BCUT2D eigenvalue weighted by atomic mass is 10.1. The Labute approximate surface area is 110 Å². The standard InChI is InChI=1S/C14H15F3N2/c1-2-6-11-9-19(12-7-4-3-5-8-12)10-13(18-11)14(15,16)17/h3-5,7-8,10H,2,6,9H2,1H3. The van der Waals surface area contributed by atoms with E-state index < -0.39 is 11.9 Å². The summed E-state index contributed by atoms with van der Waals surface area (Å²) in [5.41, 5.74) is 0.486. The Morgan fingerprint density at radius 3 is 2.47 bits per heavy atom. The lowest BCUT2D eigenvalue weighted by Crippen LogP contribution is -2.31. The van der Waals surface area contributed by atoms with Crippen molar-refractivity contribution in [2.75, 3.05) is 11.4 Å². The van der Waals surface area contributed by atoms with Gasteiger partial charge in [0, 0.05) is 17.6 Å². The van der Waals surface area contributed by atoms with E-state index in [1.54, 1.807) is 17.0 Å². The van der Waals surface area contributed by atoms with E-state index in [0.29, 0.717) is 18.7 Å². The average molecular weight is 268 g/mol. The van der Waals surface area contributed by atoms with E-state index in [2.05, 4.69) is 4.99 Å². The molecule has 0 aliphatic carbocycles. The Balaban J connectivity index is 2.32. The number of para-hydroxylation sites is 1. The molecule has 5 heteroatoms. The molecule has 0 spiro atoms. The van der Waals surface area contributed by atoms with Crippen molar-refractivity contribution in [1.82, 2.24) is 0 Å². The number of rotatable bonds is 3. The lowest BCUT2D eigenvalue weighted by Gasteiger charge is -2.27. The Morgan fingerprint density at radius 2 is 1.89 bits per heavy atom. The van der Waals surface area contributed by atoms with Crippen LogP contribution in [0.1, 0.15) is 19.8 Å². The molecule has 0 aromatic heterocycles. The first-order chi connectivity index (χ1) is 9.00. The predicted molar refractivity (Wildman–Crippen MR) is 70.3 cm³/mol.